The highest BCUT2D eigenvalue weighted by Crippen LogP contribution is 2.09. The summed E-state index contributed by atoms with van der Waals surface area (Å²) in [4.78, 5) is 11.4. The zero-order valence-electron chi connectivity index (χ0n) is 8.21. The Bertz CT molecular complexity index is 568. The van der Waals surface area contributed by atoms with Crippen LogP contribution >= 0.6 is 11.8 Å². The first-order valence-electron chi connectivity index (χ1n) is 4.51. The first-order chi connectivity index (χ1) is 7.83. The fraction of sp³-hybridized carbons (Fsp3) is 0.100. The fourth-order valence-corrected chi connectivity index (χ4v) is 1.87. The predicted octanol–water partition coefficient (Wildman–Crippen LogP) is 0.860. The van der Waals surface area contributed by atoms with Gasteiger partial charge in [-0.1, -0.05) is 18.2 Å². The lowest BCUT2D eigenvalue weighted by atomic mass is 10.3. The van der Waals surface area contributed by atoms with E-state index < -0.39 is 5.63 Å². The van der Waals surface area contributed by atoms with E-state index in [1.165, 1.54) is 4.68 Å². The average Bonchev–Trinajstić information content (AvgIpc) is 2.69. The second kappa shape index (κ2) is 4.68. The minimum Gasteiger partial charge on any atom is -0.282 e. The van der Waals surface area contributed by atoms with E-state index in [0.29, 0.717) is 5.03 Å². The molecular formula is C10H8N3O2S+. The SMILES string of the molecule is N#CCSc1c(=O)o[nH][n+]1-c1ccccc1. The number of nitriles is 1. The van der Waals surface area contributed by atoms with Crippen LogP contribution in [-0.4, -0.2) is 11.0 Å². The molecule has 0 aliphatic carbocycles. The van der Waals surface area contributed by atoms with Gasteiger partial charge in [-0.25, -0.2) is 4.79 Å². The zero-order chi connectivity index (χ0) is 11.4. The third-order valence-corrected chi connectivity index (χ3v) is 2.79. The Balaban J connectivity index is 2.43. The van der Waals surface area contributed by atoms with Gasteiger partial charge in [0.25, 0.3) is 0 Å². The largest absolute Gasteiger partial charge is 0.442 e. The number of aromatic nitrogens is 2. The van der Waals surface area contributed by atoms with Crippen molar-refractivity contribution in [3.8, 4) is 11.8 Å². The molecule has 2 rings (SSSR count). The predicted molar refractivity (Wildman–Crippen MR) is 57.2 cm³/mol. The number of thioether (sulfide) groups is 1. The Hall–Kier alpha value is -2.00. The maximum atomic E-state index is 11.4. The van der Waals surface area contributed by atoms with Gasteiger partial charge in [-0.2, -0.15) is 5.26 Å². The quantitative estimate of drug-likeness (QED) is 0.631. The van der Waals surface area contributed by atoms with E-state index in [-0.39, 0.29) is 5.75 Å². The van der Waals surface area contributed by atoms with Crippen molar-refractivity contribution in [3.63, 3.8) is 0 Å². The van der Waals surface area contributed by atoms with E-state index in [1.807, 2.05) is 36.4 Å². The molecule has 0 saturated carbocycles. The van der Waals surface area contributed by atoms with Gasteiger partial charge in [-0.05, 0) is 21.7 Å². The lowest BCUT2D eigenvalue weighted by Crippen LogP contribution is -2.35. The Labute approximate surface area is 95.3 Å². The summed E-state index contributed by atoms with van der Waals surface area (Å²) in [7, 11) is 0. The molecule has 0 saturated heterocycles. The molecule has 1 aromatic carbocycles. The summed E-state index contributed by atoms with van der Waals surface area (Å²) in [6.07, 6.45) is 0. The van der Waals surface area contributed by atoms with E-state index in [2.05, 4.69) is 5.27 Å². The summed E-state index contributed by atoms with van der Waals surface area (Å²) in [6.45, 7) is 0. The minimum absolute atomic E-state index is 0.204. The van der Waals surface area contributed by atoms with Crippen molar-refractivity contribution < 1.29 is 9.20 Å². The van der Waals surface area contributed by atoms with Crippen molar-refractivity contribution in [3.05, 3.63) is 40.8 Å². The number of aromatic amines is 1. The monoisotopic (exact) mass is 234 g/mol. The van der Waals surface area contributed by atoms with Crippen LogP contribution in [-0.2, 0) is 0 Å². The van der Waals surface area contributed by atoms with Crippen LogP contribution in [0.5, 0.6) is 0 Å². The van der Waals surface area contributed by atoms with Gasteiger partial charge in [-0.3, -0.25) is 4.52 Å². The third kappa shape index (κ3) is 1.99. The molecule has 80 valence electrons. The normalized spacial score (nSPS) is 9.94. The van der Waals surface area contributed by atoms with Crippen molar-refractivity contribution in [2.75, 3.05) is 5.75 Å². The van der Waals surface area contributed by atoms with E-state index in [9.17, 15) is 4.79 Å². The van der Waals surface area contributed by atoms with Gasteiger partial charge in [0.2, 0.25) is 5.69 Å². The maximum Gasteiger partial charge on any atom is 0.442 e. The molecule has 0 spiro atoms. The van der Waals surface area contributed by atoms with Crippen LogP contribution < -0.4 is 10.3 Å². The third-order valence-electron chi connectivity index (χ3n) is 1.90. The molecule has 0 amide bonds. The molecule has 1 heterocycles. The van der Waals surface area contributed by atoms with E-state index in [0.717, 1.165) is 17.4 Å². The molecule has 0 aliphatic rings. The number of hydrogen-bond acceptors (Lipinski definition) is 4. The van der Waals surface area contributed by atoms with Gasteiger partial charge in [0.1, 0.15) is 0 Å². The standard InChI is InChI=1S/C10H7N3O2S/c11-6-7-16-9-10(14)15-12-13(9)8-4-2-1-3-5-8/h1-5H,7H2/p+1. The summed E-state index contributed by atoms with van der Waals surface area (Å²) >= 11 is 1.14. The van der Waals surface area contributed by atoms with Crippen LogP contribution in [0.15, 0.2) is 44.7 Å². The highest BCUT2D eigenvalue weighted by atomic mass is 32.2. The summed E-state index contributed by atoms with van der Waals surface area (Å²) < 4.78 is 6.22. The lowest BCUT2D eigenvalue weighted by Gasteiger charge is -1.90. The Kier molecular flexibility index (Phi) is 3.08. The molecular weight excluding hydrogens is 226 g/mol. The minimum atomic E-state index is -0.468. The zero-order valence-corrected chi connectivity index (χ0v) is 9.03. The summed E-state index contributed by atoms with van der Waals surface area (Å²) in [5.41, 5.74) is 0.317. The number of para-hydroxylation sites is 1. The van der Waals surface area contributed by atoms with Gasteiger partial charge >= 0.3 is 10.7 Å². The van der Waals surface area contributed by atoms with Crippen molar-refractivity contribution >= 4 is 11.8 Å². The van der Waals surface area contributed by atoms with Gasteiger partial charge in [0.15, 0.2) is 0 Å². The molecule has 0 fully saturated rings. The second-order valence-electron chi connectivity index (χ2n) is 2.90. The van der Waals surface area contributed by atoms with Gasteiger partial charge in [0, 0.05) is 12.1 Å². The Morgan fingerprint density at radius 1 is 1.44 bits per heavy atom. The number of hydrogen-bond donors (Lipinski definition) is 1. The number of rotatable bonds is 3. The fourth-order valence-electron chi connectivity index (χ4n) is 1.23. The molecule has 5 nitrogen and oxygen atoms in total. The van der Waals surface area contributed by atoms with Crippen LogP contribution in [0.3, 0.4) is 0 Å². The molecule has 1 aromatic heterocycles. The Morgan fingerprint density at radius 2 is 2.19 bits per heavy atom. The highest BCUT2D eigenvalue weighted by Gasteiger charge is 2.23. The molecule has 0 radical (unpaired) electrons. The molecule has 6 heteroatoms. The van der Waals surface area contributed by atoms with Crippen LogP contribution in [0.2, 0.25) is 0 Å². The molecule has 16 heavy (non-hydrogen) atoms. The van der Waals surface area contributed by atoms with Crippen molar-refractivity contribution in [2.24, 2.45) is 0 Å². The summed E-state index contributed by atoms with van der Waals surface area (Å²) in [5.74, 6) is 0.204. The van der Waals surface area contributed by atoms with Crippen LogP contribution in [0.25, 0.3) is 5.69 Å². The van der Waals surface area contributed by atoms with Crippen LogP contribution in [0.4, 0.5) is 0 Å². The summed E-state index contributed by atoms with van der Waals surface area (Å²) in [6, 6.07) is 11.2. The molecule has 0 bridgehead atoms. The molecule has 1 N–H and O–H groups in total. The smallest absolute Gasteiger partial charge is 0.282 e. The molecule has 2 aromatic rings. The first-order valence-corrected chi connectivity index (χ1v) is 5.50. The van der Waals surface area contributed by atoms with Gasteiger partial charge in [0.05, 0.1) is 11.8 Å². The first kappa shape index (κ1) is 10.5. The van der Waals surface area contributed by atoms with Crippen molar-refractivity contribution in [2.45, 2.75) is 5.03 Å². The average molecular weight is 234 g/mol. The number of H-pyrrole nitrogens is 1. The van der Waals surface area contributed by atoms with Crippen LogP contribution in [0, 0.1) is 11.3 Å². The summed E-state index contributed by atoms with van der Waals surface area (Å²) in [5, 5.41) is 11.4. The highest BCUT2D eigenvalue weighted by molar-refractivity contribution is 7.99. The lowest BCUT2D eigenvalue weighted by molar-refractivity contribution is -0.704. The Morgan fingerprint density at radius 3 is 2.88 bits per heavy atom. The number of benzene rings is 1. The van der Waals surface area contributed by atoms with E-state index >= 15 is 0 Å². The maximum absolute atomic E-state index is 11.4. The van der Waals surface area contributed by atoms with Gasteiger partial charge in [-0.15, -0.1) is 0 Å². The van der Waals surface area contributed by atoms with E-state index in [4.69, 9.17) is 9.78 Å². The van der Waals surface area contributed by atoms with Crippen molar-refractivity contribution in [1.29, 1.82) is 5.26 Å². The molecule has 0 aliphatic heterocycles. The van der Waals surface area contributed by atoms with Crippen molar-refractivity contribution in [1.82, 2.24) is 5.27 Å². The van der Waals surface area contributed by atoms with Crippen LogP contribution in [0.1, 0.15) is 0 Å². The second-order valence-corrected chi connectivity index (χ2v) is 3.87. The molecule has 0 unspecified atom stereocenters. The number of nitrogens with one attached hydrogen (secondary N) is 1. The van der Waals surface area contributed by atoms with E-state index in [1.54, 1.807) is 0 Å². The van der Waals surface area contributed by atoms with Gasteiger partial charge < -0.3 is 0 Å². The number of nitrogens with zero attached hydrogens (tertiary/aromatic N) is 2. The topological polar surface area (TPSA) is 73.7 Å². The molecule has 0 atom stereocenters.